The van der Waals surface area contributed by atoms with Gasteiger partial charge in [-0.3, -0.25) is 0 Å². The molecule has 1 nitrogen and oxygen atoms in total. The van der Waals surface area contributed by atoms with Crippen LogP contribution < -0.4 is 5.32 Å². The van der Waals surface area contributed by atoms with E-state index in [1.165, 1.54) is 24.0 Å². The second-order valence-corrected chi connectivity index (χ2v) is 6.48. The average Bonchev–Trinajstić information content (AvgIpc) is 3.32. The van der Waals surface area contributed by atoms with Crippen LogP contribution in [0.25, 0.3) is 0 Å². The van der Waals surface area contributed by atoms with E-state index < -0.39 is 0 Å². The lowest BCUT2D eigenvalue weighted by Gasteiger charge is -2.19. The number of nitrogens with one attached hydrogen (secondary N) is 1. The van der Waals surface area contributed by atoms with Crippen LogP contribution in [-0.2, 0) is 6.42 Å². The van der Waals surface area contributed by atoms with E-state index >= 15 is 0 Å². The fraction of sp³-hybridized carbons (Fsp3) is 0.368. The molecule has 2 aromatic carbocycles. The van der Waals surface area contributed by atoms with Crippen molar-refractivity contribution >= 4 is 11.6 Å². The Balaban J connectivity index is 1.75. The van der Waals surface area contributed by atoms with E-state index in [-0.39, 0.29) is 0 Å². The van der Waals surface area contributed by atoms with Gasteiger partial charge in [-0.2, -0.15) is 0 Å². The summed E-state index contributed by atoms with van der Waals surface area (Å²) < 4.78 is 0. The summed E-state index contributed by atoms with van der Waals surface area (Å²) in [5, 5.41) is 4.54. The van der Waals surface area contributed by atoms with Gasteiger partial charge in [0.05, 0.1) is 0 Å². The fourth-order valence-electron chi connectivity index (χ4n) is 2.68. The molecular weight excluding hydrogens is 278 g/mol. The normalized spacial score (nSPS) is 15.9. The molecule has 1 aliphatic carbocycles. The summed E-state index contributed by atoms with van der Waals surface area (Å²) in [6.07, 6.45) is 3.69. The van der Waals surface area contributed by atoms with Crippen molar-refractivity contribution in [1.82, 2.24) is 5.32 Å². The molecule has 0 bridgehead atoms. The minimum atomic E-state index is 0.505. The zero-order valence-corrected chi connectivity index (χ0v) is 13.2. The van der Waals surface area contributed by atoms with Gasteiger partial charge >= 0.3 is 0 Å². The number of hydrogen-bond acceptors (Lipinski definition) is 1. The molecule has 0 spiro atoms. The van der Waals surface area contributed by atoms with Crippen LogP contribution in [0.4, 0.5) is 0 Å². The minimum absolute atomic E-state index is 0.505. The number of hydrogen-bond donors (Lipinski definition) is 1. The zero-order valence-electron chi connectivity index (χ0n) is 12.5. The Morgan fingerprint density at radius 2 is 1.90 bits per heavy atom. The Hall–Kier alpha value is -1.31. The Labute approximate surface area is 132 Å². The van der Waals surface area contributed by atoms with Crippen molar-refractivity contribution in [3.05, 3.63) is 70.2 Å². The Bertz CT molecular complexity index is 590. The molecule has 1 unspecified atom stereocenters. The molecule has 1 aliphatic rings. The molecule has 1 saturated carbocycles. The Morgan fingerprint density at radius 1 is 1.14 bits per heavy atom. The van der Waals surface area contributed by atoms with Gasteiger partial charge in [0.1, 0.15) is 0 Å². The first-order valence-electron chi connectivity index (χ1n) is 7.76. The molecule has 1 N–H and O–H groups in total. The molecule has 0 radical (unpaired) electrons. The van der Waals surface area contributed by atoms with Crippen LogP contribution in [0.1, 0.15) is 35.4 Å². The van der Waals surface area contributed by atoms with E-state index in [4.69, 9.17) is 11.6 Å². The highest BCUT2D eigenvalue weighted by atomic mass is 35.5. The van der Waals surface area contributed by atoms with Gasteiger partial charge in [0.2, 0.25) is 0 Å². The number of halogens is 1. The predicted octanol–water partition coefficient (Wildman–Crippen LogP) is 4.73. The standard InChI is InChI=1S/C19H22ClN/c1-14-7-8-15(12-19(14)20)11-17(13-21-18-9-10-18)16-5-3-2-4-6-16/h2-8,12,17-18,21H,9-11,13H2,1H3. The zero-order chi connectivity index (χ0) is 14.7. The van der Waals surface area contributed by atoms with Crippen molar-refractivity contribution in [3.8, 4) is 0 Å². The fourth-order valence-corrected chi connectivity index (χ4v) is 2.88. The molecule has 0 amide bonds. The van der Waals surface area contributed by atoms with Gasteiger partial charge in [-0.25, -0.2) is 0 Å². The van der Waals surface area contributed by atoms with Crippen LogP contribution in [0.3, 0.4) is 0 Å². The largest absolute Gasteiger partial charge is 0.313 e. The lowest BCUT2D eigenvalue weighted by atomic mass is 9.91. The van der Waals surface area contributed by atoms with Crippen LogP contribution in [0.15, 0.2) is 48.5 Å². The summed E-state index contributed by atoms with van der Waals surface area (Å²) in [6.45, 7) is 3.09. The highest BCUT2D eigenvalue weighted by Gasteiger charge is 2.22. The molecule has 3 rings (SSSR count). The SMILES string of the molecule is Cc1ccc(CC(CNC2CC2)c2ccccc2)cc1Cl. The third kappa shape index (κ3) is 4.09. The summed E-state index contributed by atoms with van der Waals surface area (Å²) in [5.74, 6) is 0.505. The Kier molecular flexibility index (Phi) is 4.62. The van der Waals surface area contributed by atoms with Gasteiger partial charge in [0.25, 0.3) is 0 Å². The van der Waals surface area contributed by atoms with E-state index in [0.29, 0.717) is 5.92 Å². The van der Waals surface area contributed by atoms with Crippen molar-refractivity contribution in [2.45, 2.75) is 38.1 Å². The van der Waals surface area contributed by atoms with Crippen LogP contribution in [-0.4, -0.2) is 12.6 Å². The van der Waals surface area contributed by atoms with Crippen LogP contribution in [0, 0.1) is 6.92 Å². The summed E-state index contributed by atoms with van der Waals surface area (Å²) >= 11 is 6.27. The monoisotopic (exact) mass is 299 g/mol. The van der Waals surface area contributed by atoms with E-state index in [9.17, 15) is 0 Å². The average molecular weight is 300 g/mol. The maximum absolute atomic E-state index is 6.27. The van der Waals surface area contributed by atoms with E-state index in [1.54, 1.807) is 0 Å². The molecule has 21 heavy (non-hydrogen) atoms. The number of aryl methyl sites for hydroxylation is 1. The highest BCUT2D eigenvalue weighted by molar-refractivity contribution is 6.31. The third-order valence-electron chi connectivity index (χ3n) is 4.22. The molecule has 0 heterocycles. The minimum Gasteiger partial charge on any atom is -0.313 e. The van der Waals surface area contributed by atoms with Gasteiger partial charge in [-0.1, -0.05) is 54.1 Å². The van der Waals surface area contributed by atoms with Crippen LogP contribution in [0.5, 0.6) is 0 Å². The third-order valence-corrected chi connectivity index (χ3v) is 4.63. The maximum atomic E-state index is 6.27. The van der Waals surface area contributed by atoms with Gasteiger partial charge in [-0.05, 0) is 48.9 Å². The second-order valence-electron chi connectivity index (χ2n) is 6.08. The van der Waals surface area contributed by atoms with Gasteiger partial charge in [0.15, 0.2) is 0 Å². The summed E-state index contributed by atoms with van der Waals surface area (Å²) in [4.78, 5) is 0. The molecule has 0 aliphatic heterocycles. The molecule has 2 aromatic rings. The molecule has 110 valence electrons. The van der Waals surface area contributed by atoms with Crippen molar-refractivity contribution < 1.29 is 0 Å². The molecular formula is C19H22ClN. The first-order valence-corrected chi connectivity index (χ1v) is 8.13. The topological polar surface area (TPSA) is 12.0 Å². The van der Waals surface area contributed by atoms with Crippen molar-refractivity contribution in [3.63, 3.8) is 0 Å². The molecule has 2 heteroatoms. The number of benzene rings is 2. The first-order chi connectivity index (χ1) is 10.2. The highest BCUT2D eigenvalue weighted by Crippen LogP contribution is 2.25. The van der Waals surface area contributed by atoms with Crippen molar-refractivity contribution in [1.29, 1.82) is 0 Å². The predicted molar refractivity (Wildman–Crippen MR) is 90.1 cm³/mol. The molecule has 1 fully saturated rings. The Morgan fingerprint density at radius 3 is 2.57 bits per heavy atom. The van der Waals surface area contributed by atoms with Crippen LogP contribution >= 0.6 is 11.6 Å². The molecule has 0 aromatic heterocycles. The second kappa shape index (κ2) is 6.64. The maximum Gasteiger partial charge on any atom is 0.0437 e. The van der Waals surface area contributed by atoms with Gasteiger partial charge in [0, 0.05) is 23.5 Å². The van der Waals surface area contributed by atoms with E-state index in [1.807, 2.05) is 0 Å². The molecule has 0 saturated heterocycles. The quantitative estimate of drug-likeness (QED) is 0.813. The number of rotatable bonds is 6. The summed E-state index contributed by atoms with van der Waals surface area (Å²) in [7, 11) is 0. The van der Waals surface area contributed by atoms with Gasteiger partial charge in [-0.15, -0.1) is 0 Å². The first kappa shape index (κ1) is 14.6. The van der Waals surface area contributed by atoms with Crippen molar-refractivity contribution in [2.75, 3.05) is 6.54 Å². The summed E-state index contributed by atoms with van der Waals surface area (Å²) in [6, 6.07) is 18.0. The molecule has 1 atom stereocenters. The van der Waals surface area contributed by atoms with E-state index in [2.05, 4.69) is 60.8 Å². The van der Waals surface area contributed by atoms with Crippen LogP contribution in [0.2, 0.25) is 5.02 Å². The van der Waals surface area contributed by atoms with E-state index in [0.717, 1.165) is 29.6 Å². The smallest absolute Gasteiger partial charge is 0.0437 e. The van der Waals surface area contributed by atoms with Gasteiger partial charge < -0.3 is 5.32 Å². The summed E-state index contributed by atoms with van der Waals surface area (Å²) in [5.41, 5.74) is 3.87. The lowest BCUT2D eigenvalue weighted by Crippen LogP contribution is -2.24. The van der Waals surface area contributed by atoms with Crippen molar-refractivity contribution in [2.24, 2.45) is 0 Å². The lowest BCUT2D eigenvalue weighted by molar-refractivity contribution is 0.577.